The Labute approximate surface area is 126 Å². The topological polar surface area (TPSA) is 28.2 Å². The zero-order chi connectivity index (χ0) is 13.4. The minimum Gasteiger partial charge on any atom is -0.360 e. The number of halogens is 1. The van der Waals surface area contributed by atoms with E-state index in [-0.39, 0.29) is 0 Å². The largest absolute Gasteiger partial charge is 0.360 e. The van der Waals surface area contributed by atoms with Gasteiger partial charge in [-0.2, -0.15) is 0 Å². The van der Waals surface area contributed by atoms with E-state index in [1.165, 1.54) is 17.5 Å². The predicted molar refractivity (Wildman–Crippen MR) is 86.1 cm³/mol. The first-order chi connectivity index (χ1) is 9.13. The van der Waals surface area contributed by atoms with Gasteiger partial charge in [0, 0.05) is 23.1 Å². The predicted octanol–water partition coefficient (Wildman–Crippen LogP) is 3.95. The molecule has 3 rings (SSSR count). The quantitative estimate of drug-likeness (QED) is 0.893. The van der Waals surface area contributed by atoms with Crippen molar-refractivity contribution in [1.82, 2.24) is 9.88 Å². The fraction of sp³-hybridized carbons (Fsp3) is 0.500. The first-order valence-corrected chi connectivity index (χ1v) is 8.26. The highest BCUT2D eigenvalue weighted by Crippen LogP contribution is 2.29. The van der Waals surface area contributed by atoms with E-state index in [0.717, 1.165) is 27.7 Å². The molecule has 0 spiro atoms. The van der Waals surface area contributed by atoms with Crippen molar-refractivity contribution in [3.05, 3.63) is 22.7 Å². The lowest BCUT2D eigenvalue weighted by atomic mass is 10.3. The smallest absolute Gasteiger partial charge is 0.183 e. The average Bonchev–Trinajstić information content (AvgIpc) is 3.16. The zero-order valence-electron chi connectivity index (χ0n) is 11.2. The van der Waals surface area contributed by atoms with E-state index in [1.54, 1.807) is 11.3 Å². The van der Waals surface area contributed by atoms with Gasteiger partial charge in [-0.25, -0.2) is 4.98 Å². The number of benzene rings is 1. The lowest BCUT2D eigenvalue weighted by Crippen LogP contribution is -2.36. The minimum absolute atomic E-state index is 0.547. The van der Waals surface area contributed by atoms with Gasteiger partial charge in [0.25, 0.3) is 0 Å². The Kier molecular flexibility index (Phi) is 3.78. The van der Waals surface area contributed by atoms with Crippen molar-refractivity contribution < 1.29 is 0 Å². The molecule has 0 bridgehead atoms. The van der Waals surface area contributed by atoms with E-state index in [9.17, 15) is 0 Å². The summed E-state index contributed by atoms with van der Waals surface area (Å²) in [5.41, 5.74) is 1.06. The van der Waals surface area contributed by atoms with E-state index in [0.29, 0.717) is 6.04 Å². The molecule has 1 aliphatic carbocycles. The van der Waals surface area contributed by atoms with Crippen LogP contribution in [0.15, 0.2) is 22.7 Å². The Balaban J connectivity index is 1.64. The molecule has 5 heteroatoms. The molecule has 0 radical (unpaired) electrons. The molecule has 19 heavy (non-hydrogen) atoms. The number of hydrogen-bond donors (Lipinski definition) is 1. The molecule has 1 aromatic heterocycles. The number of anilines is 1. The number of rotatable bonds is 5. The molecule has 1 fully saturated rings. The number of nitrogens with one attached hydrogen (secondary N) is 1. The Bertz CT molecular complexity index is 579. The maximum atomic E-state index is 4.62. The molecule has 1 unspecified atom stereocenters. The molecule has 0 aliphatic heterocycles. The molecule has 1 heterocycles. The van der Waals surface area contributed by atoms with Crippen LogP contribution in [0.4, 0.5) is 5.13 Å². The van der Waals surface area contributed by atoms with Crippen LogP contribution in [-0.2, 0) is 0 Å². The van der Waals surface area contributed by atoms with Gasteiger partial charge in [0.1, 0.15) is 0 Å². The normalized spacial score (nSPS) is 17.1. The summed E-state index contributed by atoms with van der Waals surface area (Å²) in [6.07, 6.45) is 2.71. The summed E-state index contributed by atoms with van der Waals surface area (Å²) >= 11 is 5.21. The number of aromatic nitrogens is 1. The molecule has 102 valence electrons. The SMILES string of the molecule is CC(CNc1nc2cc(Br)ccc2s1)N(C)C1CC1. The van der Waals surface area contributed by atoms with Gasteiger partial charge in [0.15, 0.2) is 5.13 Å². The Morgan fingerprint density at radius 2 is 2.32 bits per heavy atom. The van der Waals surface area contributed by atoms with Gasteiger partial charge in [0.05, 0.1) is 10.2 Å². The van der Waals surface area contributed by atoms with Gasteiger partial charge in [-0.1, -0.05) is 27.3 Å². The Hall–Kier alpha value is -0.650. The molecule has 0 amide bonds. The van der Waals surface area contributed by atoms with E-state index in [2.05, 4.69) is 63.3 Å². The van der Waals surface area contributed by atoms with Crippen molar-refractivity contribution in [1.29, 1.82) is 0 Å². The second kappa shape index (κ2) is 5.38. The van der Waals surface area contributed by atoms with Crippen molar-refractivity contribution in [2.45, 2.75) is 31.8 Å². The van der Waals surface area contributed by atoms with Crippen LogP contribution < -0.4 is 5.32 Å². The first kappa shape index (κ1) is 13.3. The van der Waals surface area contributed by atoms with E-state index >= 15 is 0 Å². The van der Waals surface area contributed by atoms with Crippen LogP contribution in [-0.4, -0.2) is 35.6 Å². The van der Waals surface area contributed by atoms with Gasteiger partial charge < -0.3 is 5.32 Å². The van der Waals surface area contributed by atoms with Crippen LogP contribution in [0.25, 0.3) is 10.2 Å². The van der Waals surface area contributed by atoms with Gasteiger partial charge in [-0.05, 0) is 45.0 Å². The summed E-state index contributed by atoms with van der Waals surface area (Å²) in [5, 5.41) is 4.49. The Morgan fingerprint density at radius 3 is 3.05 bits per heavy atom. The fourth-order valence-electron chi connectivity index (χ4n) is 2.20. The number of likely N-dealkylation sites (N-methyl/N-ethyl adjacent to an activating group) is 1. The highest BCUT2D eigenvalue weighted by atomic mass is 79.9. The van der Waals surface area contributed by atoms with Crippen LogP contribution in [0.3, 0.4) is 0 Å². The molecule has 3 nitrogen and oxygen atoms in total. The van der Waals surface area contributed by atoms with Gasteiger partial charge >= 0.3 is 0 Å². The second-order valence-electron chi connectivity index (χ2n) is 5.26. The van der Waals surface area contributed by atoms with Gasteiger partial charge in [-0.3, -0.25) is 4.90 Å². The van der Waals surface area contributed by atoms with Crippen LogP contribution in [0.1, 0.15) is 19.8 Å². The maximum absolute atomic E-state index is 4.62. The van der Waals surface area contributed by atoms with Crippen molar-refractivity contribution in [2.75, 3.05) is 18.9 Å². The number of hydrogen-bond acceptors (Lipinski definition) is 4. The first-order valence-electron chi connectivity index (χ1n) is 6.65. The van der Waals surface area contributed by atoms with Crippen molar-refractivity contribution in [3.63, 3.8) is 0 Å². The summed E-state index contributed by atoms with van der Waals surface area (Å²) < 4.78 is 2.31. The molecular weight excluding hydrogens is 322 g/mol. The van der Waals surface area contributed by atoms with Crippen molar-refractivity contribution >= 4 is 42.6 Å². The third-order valence-corrected chi connectivity index (χ3v) is 5.20. The lowest BCUT2D eigenvalue weighted by molar-refractivity contribution is 0.257. The van der Waals surface area contributed by atoms with Crippen LogP contribution in [0.5, 0.6) is 0 Å². The van der Waals surface area contributed by atoms with Crippen LogP contribution >= 0.6 is 27.3 Å². The van der Waals surface area contributed by atoms with Gasteiger partial charge in [0.2, 0.25) is 0 Å². The fourth-order valence-corrected chi connectivity index (χ4v) is 3.40. The number of fused-ring (bicyclic) bond motifs is 1. The summed E-state index contributed by atoms with van der Waals surface area (Å²) in [6.45, 7) is 3.23. The Morgan fingerprint density at radius 1 is 1.53 bits per heavy atom. The standard InChI is InChI=1S/C14H18BrN3S/c1-9(18(2)11-4-5-11)8-16-14-17-12-7-10(15)3-6-13(12)19-14/h3,6-7,9,11H,4-5,8H2,1-2H3,(H,16,17). The highest BCUT2D eigenvalue weighted by Gasteiger charge is 2.28. The molecule has 1 N–H and O–H groups in total. The van der Waals surface area contributed by atoms with Crippen molar-refractivity contribution in [2.24, 2.45) is 0 Å². The molecule has 0 saturated heterocycles. The summed E-state index contributed by atoms with van der Waals surface area (Å²) in [5.74, 6) is 0. The van der Waals surface area contributed by atoms with Crippen LogP contribution in [0.2, 0.25) is 0 Å². The number of thiazole rings is 1. The van der Waals surface area contributed by atoms with Crippen LogP contribution in [0, 0.1) is 0 Å². The lowest BCUT2D eigenvalue weighted by Gasteiger charge is -2.24. The molecule has 1 aromatic carbocycles. The molecule has 2 aromatic rings. The van der Waals surface area contributed by atoms with E-state index in [4.69, 9.17) is 0 Å². The van der Waals surface area contributed by atoms with Gasteiger partial charge in [-0.15, -0.1) is 0 Å². The molecule has 1 saturated carbocycles. The summed E-state index contributed by atoms with van der Waals surface area (Å²) in [7, 11) is 2.22. The molecule has 1 aliphatic rings. The summed E-state index contributed by atoms with van der Waals surface area (Å²) in [4.78, 5) is 7.09. The number of nitrogens with zero attached hydrogens (tertiary/aromatic N) is 2. The molecule has 1 atom stereocenters. The molecular formula is C14H18BrN3S. The zero-order valence-corrected chi connectivity index (χ0v) is 13.6. The third kappa shape index (κ3) is 3.09. The second-order valence-corrected chi connectivity index (χ2v) is 7.20. The average molecular weight is 340 g/mol. The van der Waals surface area contributed by atoms with E-state index < -0.39 is 0 Å². The monoisotopic (exact) mass is 339 g/mol. The maximum Gasteiger partial charge on any atom is 0.183 e. The van der Waals surface area contributed by atoms with E-state index in [1.807, 2.05) is 0 Å². The highest BCUT2D eigenvalue weighted by molar-refractivity contribution is 9.10. The summed E-state index contributed by atoms with van der Waals surface area (Å²) in [6, 6.07) is 7.60. The van der Waals surface area contributed by atoms with Crippen molar-refractivity contribution in [3.8, 4) is 0 Å². The minimum atomic E-state index is 0.547. The third-order valence-electron chi connectivity index (χ3n) is 3.72.